The summed E-state index contributed by atoms with van der Waals surface area (Å²) in [5.74, 6) is 0. The molecule has 132 valence electrons. The molecule has 2 heteroatoms. The molecule has 4 rings (SSSR count). The summed E-state index contributed by atoms with van der Waals surface area (Å²) in [6.45, 7) is 0. The first-order chi connectivity index (χ1) is 13.4. The fourth-order valence-corrected chi connectivity index (χ4v) is 21.8. The summed E-state index contributed by atoms with van der Waals surface area (Å²) in [7, 11) is 0. The predicted molar refractivity (Wildman–Crippen MR) is 121 cm³/mol. The summed E-state index contributed by atoms with van der Waals surface area (Å²) in [4.78, 5) is 1.35. The molecule has 0 fully saturated rings. The van der Waals surface area contributed by atoms with Crippen molar-refractivity contribution in [1.82, 2.24) is 0 Å². The van der Waals surface area contributed by atoms with E-state index in [2.05, 4.69) is 121 Å². The van der Waals surface area contributed by atoms with Gasteiger partial charge >= 0.3 is 171 Å². The Morgan fingerprint density at radius 2 is 0.778 bits per heavy atom. The molecule has 0 aliphatic heterocycles. The average molecular weight is 473 g/mol. The Morgan fingerprint density at radius 1 is 0.444 bits per heavy atom. The molecule has 0 N–H and O–H groups in total. The fourth-order valence-electron chi connectivity index (χ4n) is 3.63. The van der Waals surface area contributed by atoms with Gasteiger partial charge < -0.3 is 0 Å². The quantitative estimate of drug-likeness (QED) is 0.294. The molecule has 0 spiro atoms. The molecule has 0 unspecified atom stereocenters. The van der Waals surface area contributed by atoms with Crippen LogP contribution in [0.15, 0.2) is 126 Å². The number of rotatable bonds is 6. The van der Waals surface area contributed by atoms with Gasteiger partial charge in [0.15, 0.2) is 0 Å². The molecule has 0 aromatic heterocycles. The number of thioether (sulfide) groups is 1. The van der Waals surface area contributed by atoms with Crippen molar-refractivity contribution in [3.63, 3.8) is 0 Å². The van der Waals surface area contributed by atoms with Crippen LogP contribution in [-0.2, 0) is 0 Å². The Labute approximate surface area is 170 Å². The second-order valence-corrected chi connectivity index (χ2v) is 20.2. The minimum atomic E-state index is -3.14. The van der Waals surface area contributed by atoms with Crippen molar-refractivity contribution in [2.45, 2.75) is 4.90 Å². The van der Waals surface area contributed by atoms with E-state index >= 15 is 0 Å². The molecule has 0 heterocycles. The van der Waals surface area contributed by atoms with Gasteiger partial charge in [0.1, 0.15) is 0 Å². The zero-order valence-electron chi connectivity index (χ0n) is 15.2. The molecule has 0 nitrogen and oxygen atoms in total. The van der Waals surface area contributed by atoms with Crippen molar-refractivity contribution in [2.24, 2.45) is 0 Å². The summed E-state index contributed by atoms with van der Waals surface area (Å²) in [6.07, 6.45) is 0. The van der Waals surface area contributed by atoms with Gasteiger partial charge in [0, 0.05) is 0 Å². The van der Waals surface area contributed by atoms with Gasteiger partial charge in [-0.15, -0.1) is 0 Å². The topological polar surface area (TPSA) is 0 Å². The first-order valence-corrected chi connectivity index (χ1v) is 16.5. The van der Waals surface area contributed by atoms with Crippen LogP contribution in [-0.4, -0.2) is 22.1 Å². The summed E-state index contributed by atoms with van der Waals surface area (Å²) in [6, 6.07) is 44.4. The number of hydrogen-bond acceptors (Lipinski definition) is 1. The molecule has 27 heavy (non-hydrogen) atoms. The molecule has 0 atom stereocenters. The molecular weight excluding hydrogens is 451 g/mol. The maximum absolute atomic E-state index is 3.14. The molecule has 4 aromatic rings. The first kappa shape index (κ1) is 18.4. The molecule has 0 saturated heterocycles. The molecule has 0 amide bonds. The normalized spacial score (nSPS) is 11.3. The van der Waals surface area contributed by atoms with Gasteiger partial charge in [-0.3, -0.25) is 0 Å². The molecule has 0 saturated carbocycles. The molecule has 0 bridgehead atoms. The van der Waals surface area contributed by atoms with Gasteiger partial charge in [0.2, 0.25) is 0 Å². The van der Waals surface area contributed by atoms with E-state index in [9.17, 15) is 0 Å². The Kier molecular flexibility index (Phi) is 6.00. The molecule has 0 aliphatic rings. The summed E-state index contributed by atoms with van der Waals surface area (Å²) >= 11 is -1.13. The van der Waals surface area contributed by atoms with Crippen LogP contribution in [0.2, 0.25) is 0 Å². The van der Waals surface area contributed by atoms with Crippen LogP contribution in [0.25, 0.3) is 0 Å². The van der Waals surface area contributed by atoms with Crippen molar-refractivity contribution < 1.29 is 0 Å². The Hall–Kier alpha value is -1.97. The van der Waals surface area contributed by atoms with Crippen molar-refractivity contribution in [1.29, 1.82) is 0 Å². The monoisotopic (exact) mass is 474 g/mol. The van der Waals surface area contributed by atoms with Crippen LogP contribution in [0.1, 0.15) is 0 Å². The van der Waals surface area contributed by atoms with Crippen LogP contribution >= 0.6 is 11.8 Å². The van der Waals surface area contributed by atoms with Crippen LogP contribution in [0, 0.1) is 0 Å². The van der Waals surface area contributed by atoms with Crippen molar-refractivity contribution in [3.8, 4) is 0 Å². The average Bonchev–Trinajstić information content (AvgIpc) is 2.77. The predicted octanol–water partition coefficient (Wildman–Crippen LogP) is 4.49. The van der Waals surface area contributed by atoms with Crippen molar-refractivity contribution in [2.75, 3.05) is 3.77 Å². The summed E-state index contributed by atoms with van der Waals surface area (Å²) < 4.78 is 5.75. The third-order valence-corrected chi connectivity index (χ3v) is 22.4. The van der Waals surface area contributed by atoms with E-state index in [1.807, 2.05) is 11.8 Å². The zero-order valence-corrected chi connectivity index (χ0v) is 18.8. The SMILES string of the molecule is c1ccc(S[CH2][Sn]([c]2ccccc2)([c]2ccccc2)[c]2ccccc2)cc1. The van der Waals surface area contributed by atoms with Crippen LogP contribution in [0.3, 0.4) is 0 Å². The van der Waals surface area contributed by atoms with Gasteiger partial charge in [-0.1, -0.05) is 0 Å². The van der Waals surface area contributed by atoms with E-state index in [4.69, 9.17) is 0 Å². The first-order valence-electron chi connectivity index (χ1n) is 9.24. The van der Waals surface area contributed by atoms with E-state index in [0.29, 0.717) is 0 Å². The van der Waals surface area contributed by atoms with Gasteiger partial charge in [0.05, 0.1) is 0 Å². The number of hydrogen-bond donors (Lipinski definition) is 0. The standard InChI is InChI=1S/C7H7S.3C6H5.Sn/c1-8-7-5-3-2-4-6-7;3*1-2-4-6-5-3-1;/h2-6H,1H2;3*1-5H;. The molecule has 0 aliphatic carbocycles. The van der Waals surface area contributed by atoms with Crippen LogP contribution in [0.4, 0.5) is 0 Å². The second kappa shape index (κ2) is 8.81. The van der Waals surface area contributed by atoms with Gasteiger partial charge in [-0.05, 0) is 0 Å². The van der Waals surface area contributed by atoms with E-state index < -0.39 is 18.4 Å². The van der Waals surface area contributed by atoms with Crippen LogP contribution in [0.5, 0.6) is 0 Å². The zero-order chi connectivity index (χ0) is 18.4. The maximum atomic E-state index is 2.35. The molecule has 4 aromatic carbocycles. The van der Waals surface area contributed by atoms with E-state index in [-0.39, 0.29) is 0 Å². The Bertz CT molecular complexity index is 857. The van der Waals surface area contributed by atoms with Gasteiger partial charge in [-0.2, -0.15) is 0 Å². The second-order valence-electron chi connectivity index (χ2n) is 6.61. The number of benzene rings is 4. The fraction of sp³-hybridized carbons (Fsp3) is 0.0400. The van der Waals surface area contributed by atoms with E-state index in [1.54, 1.807) is 0 Å². The Balaban J connectivity index is 1.89. The third kappa shape index (κ3) is 3.99. The van der Waals surface area contributed by atoms with Crippen LogP contribution < -0.4 is 10.7 Å². The Morgan fingerprint density at radius 3 is 1.15 bits per heavy atom. The minimum absolute atomic E-state index is 1.15. The van der Waals surface area contributed by atoms with Crippen molar-refractivity contribution >= 4 is 40.9 Å². The summed E-state index contributed by atoms with van der Waals surface area (Å²) in [5.41, 5.74) is 0. The molecule has 0 radical (unpaired) electrons. The molecular formula is C25H22SSn. The van der Waals surface area contributed by atoms with E-state index in [0.717, 1.165) is 3.77 Å². The summed E-state index contributed by atoms with van der Waals surface area (Å²) in [5, 5.41) is 0. The van der Waals surface area contributed by atoms with Gasteiger partial charge in [0.25, 0.3) is 0 Å². The third-order valence-electron chi connectivity index (χ3n) is 5.00. The van der Waals surface area contributed by atoms with Gasteiger partial charge in [-0.25, -0.2) is 0 Å². The van der Waals surface area contributed by atoms with E-state index in [1.165, 1.54) is 15.6 Å². The van der Waals surface area contributed by atoms with Crippen molar-refractivity contribution in [3.05, 3.63) is 121 Å².